The first-order valence-corrected chi connectivity index (χ1v) is 7.89. The first-order chi connectivity index (χ1) is 8.01. The number of halogens is 1. The van der Waals surface area contributed by atoms with Crippen LogP contribution < -0.4 is 5.32 Å². The Bertz CT molecular complexity index is 355. The lowest BCUT2D eigenvalue weighted by Crippen LogP contribution is -2.57. The lowest BCUT2D eigenvalue weighted by Gasteiger charge is -2.38. The molecule has 1 atom stereocenters. The first-order valence-electron chi connectivity index (χ1n) is 6.49. The van der Waals surface area contributed by atoms with Crippen molar-refractivity contribution in [1.82, 2.24) is 13.9 Å². The van der Waals surface area contributed by atoms with Crippen LogP contribution in [0.3, 0.4) is 0 Å². The molecule has 0 aromatic carbocycles. The molecule has 2 rings (SSSR count). The van der Waals surface area contributed by atoms with Crippen molar-refractivity contribution in [2.75, 3.05) is 32.7 Å². The number of piperidine rings is 1. The number of nitrogens with zero attached hydrogens (tertiary/aromatic N) is 2. The van der Waals surface area contributed by atoms with Crippen LogP contribution in [0.4, 0.5) is 0 Å². The lowest BCUT2D eigenvalue weighted by molar-refractivity contribution is 0.230. The highest BCUT2D eigenvalue weighted by Gasteiger charge is 2.35. The summed E-state index contributed by atoms with van der Waals surface area (Å²) in [7, 11) is -3.23. The van der Waals surface area contributed by atoms with Gasteiger partial charge in [0.25, 0.3) is 10.2 Å². The molecular weight excluding hydrogens is 274 g/mol. The molecule has 18 heavy (non-hydrogen) atoms. The van der Waals surface area contributed by atoms with Crippen molar-refractivity contribution in [2.24, 2.45) is 5.92 Å². The SMILES string of the molecule is CC1CCN(S(=O)(=O)N2CCNC[C@H]2C)CC1.Cl. The molecule has 108 valence electrons. The minimum absolute atomic E-state index is 0. The van der Waals surface area contributed by atoms with Crippen molar-refractivity contribution in [3.63, 3.8) is 0 Å². The molecule has 0 aromatic rings. The molecule has 0 unspecified atom stereocenters. The second kappa shape index (κ2) is 6.52. The molecule has 2 saturated heterocycles. The zero-order valence-corrected chi connectivity index (χ0v) is 12.8. The van der Waals surface area contributed by atoms with E-state index in [1.165, 1.54) is 0 Å². The van der Waals surface area contributed by atoms with E-state index < -0.39 is 10.2 Å². The summed E-state index contributed by atoms with van der Waals surface area (Å²) in [5, 5.41) is 3.22. The van der Waals surface area contributed by atoms with Crippen LogP contribution in [0.1, 0.15) is 26.7 Å². The van der Waals surface area contributed by atoms with E-state index in [-0.39, 0.29) is 18.4 Å². The Labute approximate surface area is 116 Å². The van der Waals surface area contributed by atoms with Crippen molar-refractivity contribution in [3.8, 4) is 0 Å². The van der Waals surface area contributed by atoms with E-state index in [0.717, 1.165) is 25.9 Å². The standard InChI is InChI=1S/C11H23N3O2S.ClH/c1-10-3-6-13(7-4-10)17(15,16)14-8-5-12-9-11(14)2;/h10-12H,3-9H2,1-2H3;1H/t11-;/m1./s1. The maximum absolute atomic E-state index is 12.5. The molecule has 0 aliphatic carbocycles. The van der Waals surface area contributed by atoms with Crippen LogP contribution in [-0.4, -0.2) is 55.8 Å². The molecule has 0 radical (unpaired) electrons. The molecule has 0 saturated carbocycles. The van der Waals surface area contributed by atoms with Gasteiger partial charge in [0.2, 0.25) is 0 Å². The quantitative estimate of drug-likeness (QED) is 0.815. The Kier molecular flexibility index (Phi) is 5.86. The molecule has 0 bridgehead atoms. The molecule has 5 nitrogen and oxygen atoms in total. The van der Waals surface area contributed by atoms with Gasteiger partial charge in [0.05, 0.1) is 0 Å². The van der Waals surface area contributed by atoms with Gasteiger partial charge in [0.1, 0.15) is 0 Å². The van der Waals surface area contributed by atoms with Crippen molar-refractivity contribution in [3.05, 3.63) is 0 Å². The molecule has 0 spiro atoms. The molecule has 0 amide bonds. The van der Waals surface area contributed by atoms with Gasteiger partial charge in [-0.3, -0.25) is 0 Å². The maximum atomic E-state index is 12.5. The first kappa shape index (κ1) is 16.2. The number of hydrogen-bond acceptors (Lipinski definition) is 3. The van der Waals surface area contributed by atoms with Crippen LogP contribution in [0.5, 0.6) is 0 Å². The van der Waals surface area contributed by atoms with Crippen molar-refractivity contribution >= 4 is 22.6 Å². The Hall–Kier alpha value is 0.120. The Morgan fingerprint density at radius 2 is 1.72 bits per heavy atom. The predicted molar refractivity (Wildman–Crippen MR) is 75.2 cm³/mol. The fraction of sp³-hybridized carbons (Fsp3) is 1.00. The van der Waals surface area contributed by atoms with Crippen LogP contribution in [-0.2, 0) is 10.2 Å². The van der Waals surface area contributed by atoms with Crippen molar-refractivity contribution in [2.45, 2.75) is 32.7 Å². The van der Waals surface area contributed by atoms with E-state index in [2.05, 4.69) is 12.2 Å². The average Bonchev–Trinajstić information content (AvgIpc) is 2.30. The molecule has 2 fully saturated rings. The fourth-order valence-electron chi connectivity index (χ4n) is 2.53. The van der Waals surface area contributed by atoms with Gasteiger partial charge < -0.3 is 5.32 Å². The third-order valence-electron chi connectivity index (χ3n) is 3.81. The van der Waals surface area contributed by atoms with Gasteiger partial charge in [-0.15, -0.1) is 12.4 Å². The van der Waals surface area contributed by atoms with Crippen molar-refractivity contribution in [1.29, 1.82) is 0 Å². The number of rotatable bonds is 2. The maximum Gasteiger partial charge on any atom is 0.282 e. The van der Waals surface area contributed by atoms with Gasteiger partial charge in [-0.25, -0.2) is 0 Å². The zero-order chi connectivity index (χ0) is 12.5. The highest BCUT2D eigenvalue weighted by molar-refractivity contribution is 7.86. The van der Waals surface area contributed by atoms with Gasteiger partial charge in [-0.1, -0.05) is 6.92 Å². The molecule has 7 heteroatoms. The van der Waals surface area contributed by atoms with Gasteiger partial charge in [-0.2, -0.15) is 17.0 Å². The summed E-state index contributed by atoms with van der Waals surface area (Å²) in [5.74, 6) is 0.655. The average molecular weight is 298 g/mol. The summed E-state index contributed by atoms with van der Waals surface area (Å²) < 4.78 is 28.3. The second-order valence-corrected chi connectivity index (χ2v) is 7.13. The highest BCUT2D eigenvalue weighted by Crippen LogP contribution is 2.22. The minimum Gasteiger partial charge on any atom is -0.314 e. The summed E-state index contributed by atoms with van der Waals surface area (Å²) >= 11 is 0. The van der Waals surface area contributed by atoms with Gasteiger partial charge >= 0.3 is 0 Å². The minimum atomic E-state index is -3.23. The van der Waals surface area contributed by atoms with Crippen LogP contribution in [0.15, 0.2) is 0 Å². The Morgan fingerprint density at radius 3 is 2.28 bits per heavy atom. The summed E-state index contributed by atoms with van der Waals surface area (Å²) in [6.45, 7) is 7.63. The van der Waals surface area contributed by atoms with E-state index in [4.69, 9.17) is 0 Å². The van der Waals surface area contributed by atoms with Gasteiger partial charge in [0, 0.05) is 38.8 Å². The smallest absolute Gasteiger partial charge is 0.282 e. The summed E-state index contributed by atoms with van der Waals surface area (Å²) in [6.07, 6.45) is 1.97. The molecule has 1 N–H and O–H groups in total. The van der Waals surface area contributed by atoms with E-state index >= 15 is 0 Å². The number of nitrogens with one attached hydrogen (secondary N) is 1. The normalized spacial score (nSPS) is 28.9. The fourth-order valence-corrected chi connectivity index (χ4v) is 4.35. The van der Waals surface area contributed by atoms with Crippen molar-refractivity contribution < 1.29 is 8.42 Å². The van der Waals surface area contributed by atoms with E-state index in [0.29, 0.717) is 25.6 Å². The summed E-state index contributed by atoms with van der Waals surface area (Å²) in [4.78, 5) is 0. The van der Waals surface area contributed by atoms with Gasteiger partial charge in [0.15, 0.2) is 0 Å². The topological polar surface area (TPSA) is 52.7 Å². The largest absolute Gasteiger partial charge is 0.314 e. The molecule has 2 heterocycles. The van der Waals surface area contributed by atoms with Crippen LogP contribution >= 0.6 is 12.4 Å². The number of piperazine rings is 1. The third kappa shape index (κ3) is 3.36. The van der Waals surface area contributed by atoms with E-state index in [1.807, 2.05) is 6.92 Å². The second-order valence-electron chi connectivity index (χ2n) is 5.25. The van der Waals surface area contributed by atoms with Crippen LogP contribution in [0.2, 0.25) is 0 Å². The molecule has 2 aliphatic heterocycles. The number of hydrogen-bond donors (Lipinski definition) is 1. The molecule has 2 aliphatic rings. The summed E-state index contributed by atoms with van der Waals surface area (Å²) in [6, 6.07) is 0.0631. The van der Waals surface area contributed by atoms with Crippen LogP contribution in [0.25, 0.3) is 0 Å². The Balaban J connectivity index is 0.00000162. The zero-order valence-electron chi connectivity index (χ0n) is 11.1. The molecule has 0 aromatic heterocycles. The molecular formula is C11H24ClN3O2S. The van der Waals surface area contributed by atoms with E-state index in [9.17, 15) is 8.42 Å². The third-order valence-corrected chi connectivity index (χ3v) is 5.96. The predicted octanol–water partition coefficient (Wildman–Crippen LogP) is 0.679. The van der Waals surface area contributed by atoms with Gasteiger partial charge in [-0.05, 0) is 25.7 Å². The van der Waals surface area contributed by atoms with E-state index in [1.54, 1.807) is 8.61 Å². The summed E-state index contributed by atoms with van der Waals surface area (Å²) in [5.41, 5.74) is 0. The van der Waals surface area contributed by atoms with Crippen LogP contribution in [0, 0.1) is 5.92 Å². The Morgan fingerprint density at radius 1 is 1.11 bits per heavy atom. The lowest BCUT2D eigenvalue weighted by atomic mass is 10.0. The monoisotopic (exact) mass is 297 g/mol. The highest BCUT2D eigenvalue weighted by atomic mass is 35.5.